The second kappa shape index (κ2) is 4.88. The second-order valence-corrected chi connectivity index (χ2v) is 3.81. The minimum atomic E-state index is 0.395. The number of aryl methyl sites for hydroxylation is 1. The smallest absolute Gasteiger partial charge is 0.278 e. The summed E-state index contributed by atoms with van der Waals surface area (Å²) in [5.41, 5.74) is 1.30. The Bertz CT molecular complexity index is 642. The standard InChI is InChI=1S/C10H11N7O2/c1-7-10(15-19-14-7)18-5-4-17-6-8(13-16-17)9-11-2-3-12-9/h2-3,6H,4-5H2,1H3,(H,11,12). The summed E-state index contributed by atoms with van der Waals surface area (Å²) < 4.78 is 11.6. The van der Waals surface area contributed by atoms with E-state index in [-0.39, 0.29) is 0 Å². The third-order valence-corrected chi connectivity index (χ3v) is 2.45. The Kier molecular flexibility index (Phi) is 2.93. The van der Waals surface area contributed by atoms with Crippen molar-refractivity contribution in [2.45, 2.75) is 13.5 Å². The summed E-state index contributed by atoms with van der Waals surface area (Å²) in [5, 5.41) is 15.2. The number of H-pyrrole nitrogens is 1. The number of ether oxygens (including phenoxy) is 1. The van der Waals surface area contributed by atoms with Gasteiger partial charge in [-0.3, -0.25) is 0 Å². The molecule has 3 aromatic rings. The molecular weight excluding hydrogens is 250 g/mol. The van der Waals surface area contributed by atoms with Crippen LogP contribution in [0.2, 0.25) is 0 Å². The Morgan fingerprint density at radius 1 is 1.42 bits per heavy atom. The molecule has 0 bridgehead atoms. The monoisotopic (exact) mass is 261 g/mol. The van der Waals surface area contributed by atoms with Crippen LogP contribution in [0.15, 0.2) is 23.2 Å². The molecule has 0 radical (unpaired) electrons. The fourth-order valence-electron chi connectivity index (χ4n) is 1.51. The zero-order valence-electron chi connectivity index (χ0n) is 10.1. The molecule has 3 heterocycles. The van der Waals surface area contributed by atoms with Gasteiger partial charge in [-0.2, -0.15) is 0 Å². The van der Waals surface area contributed by atoms with E-state index in [0.29, 0.717) is 36.2 Å². The van der Waals surface area contributed by atoms with E-state index in [1.165, 1.54) is 0 Å². The van der Waals surface area contributed by atoms with Crippen LogP contribution in [-0.2, 0) is 6.54 Å². The van der Waals surface area contributed by atoms with Crippen LogP contribution in [0.5, 0.6) is 5.88 Å². The van der Waals surface area contributed by atoms with Gasteiger partial charge in [0.15, 0.2) is 5.82 Å². The van der Waals surface area contributed by atoms with Crippen LogP contribution in [0.3, 0.4) is 0 Å². The van der Waals surface area contributed by atoms with Crippen molar-refractivity contribution in [3.8, 4) is 17.4 Å². The van der Waals surface area contributed by atoms with Crippen molar-refractivity contribution in [1.82, 2.24) is 35.3 Å². The van der Waals surface area contributed by atoms with Gasteiger partial charge in [0.05, 0.1) is 12.7 Å². The molecule has 1 N–H and O–H groups in total. The fraction of sp³-hybridized carbons (Fsp3) is 0.300. The van der Waals surface area contributed by atoms with Crippen LogP contribution in [-0.4, -0.2) is 41.9 Å². The molecule has 0 aliphatic carbocycles. The second-order valence-electron chi connectivity index (χ2n) is 3.81. The third kappa shape index (κ3) is 2.44. The van der Waals surface area contributed by atoms with Crippen molar-refractivity contribution < 1.29 is 9.37 Å². The van der Waals surface area contributed by atoms with Crippen molar-refractivity contribution in [2.75, 3.05) is 6.61 Å². The van der Waals surface area contributed by atoms with Crippen molar-refractivity contribution in [2.24, 2.45) is 0 Å². The van der Waals surface area contributed by atoms with Gasteiger partial charge in [0, 0.05) is 12.4 Å². The normalized spacial score (nSPS) is 10.8. The highest BCUT2D eigenvalue weighted by atomic mass is 16.6. The Hall–Kier alpha value is -2.71. The number of imidazole rings is 1. The average molecular weight is 261 g/mol. The number of nitrogens with zero attached hydrogens (tertiary/aromatic N) is 6. The van der Waals surface area contributed by atoms with Gasteiger partial charge in [0.1, 0.15) is 18.0 Å². The highest BCUT2D eigenvalue weighted by molar-refractivity contribution is 5.45. The molecule has 0 fully saturated rings. The largest absolute Gasteiger partial charge is 0.472 e. The van der Waals surface area contributed by atoms with Crippen LogP contribution < -0.4 is 4.74 Å². The first kappa shape index (κ1) is 11.4. The molecule has 0 aromatic carbocycles. The summed E-state index contributed by atoms with van der Waals surface area (Å²) in [6.45, 7) is 2.70. The average Bonchev–Trinajstić information content (AvgIpc) is 3.11. The fourth-order valence-corrected chi connectivity index (χ4v) is 1.51. The first-order chi connectivity index (χ1) is 9.33. The molecule has 0 amide bonds. The van der Waals surface area contributed by atoms with E-state index in [4.69, 9.17) is 4.74 Å². The molecule has 0 spiro atoms. The molecule has 0 unspecified atom stereocenters. The molecular formula is C10H11N7O2. The maximum atomic E-state index is 5.40. The van der Waals surface area contributed by atoms with Crippen molar-refractivity contribution in [1.29, 1.82) is 0 Å². The Morgan fingerprint density at radius 3 is 3.11 bits per heavy atom. The van der Waals surface area contributed by atoms with Gasteiger partial charge in [0.2, 0.25) is 0 Å². The van der Waals surface area contributed by atoms with Crippen LogP contribution in [0.1, 0.15) is 5.69 Å². The Balaban J connectivity index is 1.58. The summed E-state index contributed by atoms with van der Waals surface area (Å²) in [6.07, 6.45) is 5.19. The van der Waals surface area contributed by atoms with E-state index in [9.17, 15) is 0 Å². The summed E-state index contributed by atoms with van der Waals surface area (Å²) in [4.78, 5) is 7.06. The number of rotatable bonds is 5. The third-order valence-electron chi connectivity index (χ3n) is 2.45. The predicted molar refractivity (Wildman–Crippen MR) is 62.1 cm³/mol. The zero-order chi connectivity index (χ0) is 13.1. The van der Waals surface area contributed by atoms with Crippen LogP contribution in [0.4, 0.5) is 0 Å². The van der Waals surface area contributed by atoms with Gasteiger partial charge in [-0.25, -0.2) is 14.3 Å². The Labute approximate surface area is 107 Å². The van der Waals surface area contributed by atoms with E-state index in [2.05, 4.69) is 35.2 Å². The lowest BCUT2D eigenvalue weighted by Crippen LogP contribution is -2.09. The maximum absolute atomic E-state index is 5.40. The lowest BCUT2D eigenvalue weighted by atomic mass is 10.4. The van der Waals surface area contributed by atoms with Gasteiger partial charge in [-0.1, -0.05) is 10.4 Å². The van der Waals surface area contributed by atoms with Gasteiger partial charge in [-0.05, 0) is 12.1 Å². The van der Waals surface area contributed by atoms with Crippen LogP contribution >= 0.6 is 0 Å². The summed E-state index contributed by atoms with van der Waals surface area (Å²) >= 11 is 0. The number of nitrogens with one attached hydrogen (secondary N) is 1. The lowest BCUT2D eigenvalue weighted by molar-refractivity contribution is 0.244. The minimum Gasteiger partial charge on any atom is -0.472 e. The van der Waals surface area contributed by atoms with Gasteiger partial charge in [0.25, 0.3) is 5.88 Å². The van der Waals surface area contributed by atoms with Crippen molar-refractivity contribution in [3.63, 3.8) is 0 Å². The summed E-state index contributed by atoms with van der Waals surface area (Å²) in [7, 11) is 0. The Morgan fingerprint density at radius 2 is 2.37 bits per heavy atom. The topological polar surface area (TPSA) is 108 Å². The van der Waals surface area contributed by atoms with E-state index in [1.54, 1.807) is 30.2 Å². The molecule has 3 aromatic heterocycles. The molecule has 9 heteroatoms. The predicted octanol–water partition coefficient (Wildman–Crippen LogP) is 0.439. The number of aromatic amines is 1. The van der Waals surface area contributed by atoms with E-state index in [0.717, 1.165) is 0 Å². The van der Waals surface area contributed by atoms with Gasteiger partial charge >= 0.3 is 0 Å². The SMILES string of the molecule is Cc1nonc1OCCn1cc(-c2ncc[nH]2)nn1. The first-order valence-corrected chi connectivity index (χ1v) is 5.65. The molecule has 0 aliphatic heterocycles. The number of hydrogen-bond acceptors (Lipinski definition) is 7. The molecule has 19 heavy (non-hydrogen) atoms. The molecule has 3 rings (SSSR count). The van der Waals surface area contributed by atoms with Crippen molar-refractivity contribution in [3.05, 3.63) is 24.3 Å². The van der Waals surface area contributed by atoms with Crippen molar-refractivity contribution >= 4 is 0 Å². The lowest BCUT2D eigenvalue weighted by Gasteiger charge is -2.01. The van der Waals surface area contributed by atoms with E-state index < -0.39 is 0 Å². The van der Waals surface area contributed by atoms with Crippen LogP contribution in [0, 0.1) is 6.92 Å². The molecule has 9 nitrogen and oxygen atoms in total. The minimum absolute atomic E-state index is 0.395. The molecule has 0 atom stereocenters. The molecule has 0 saturated carbocycles. The number of hydrogen-bond donors (Lipinski definition) is 1. The highest BCUT2D eigenvalue weighted by Crippen LogP contribution is 2.11. The van der Waals surface area contributed by atoms with E-state index >= 15 is 0 Å². The summed E-state index contributed by atoms with van der Waals surface area (Å²) in [5.74, 6) is 1.08. The highest BCUT2D eigenvalue weighted by Gasteiger charge is 2.08. The zero-order valence-corrected chi connectivity index (χ0v) is 10.1. The quantitative estimate of drug-likeness (QED) is 0.709. The maximum Gasteiger partial charge on any atom is 0.278 e. The van der Waals surface area contributed by atoms with Gasteiger partial charge < -0.3 is 9.72 Å². The van der Waals surface area contributed by atoms with Crippen LogP contribution in [0.25, 0.3) is 11.5 Å². The van der Waals surface area contributed by atoms with E-state index in [1.807, 2.05) is 0 Å². The van der Waals surface area contributed by atoms with Gasteiger partial charge in [-0.15, -0.1) is 5.10 Å². The molecule has 0 saturated heterocycles. The summed E-state index contributed by atoms with van der Waals surface area (Å²) in [6, 6.07) is 0. The molecule has 98 valence electrons. The molecule has 0 aliphatic rings. The number of aromatic nitrogens is 7. The first-order valence-electron chi connectivity index (χ1n) is 5.65.